The number of amides is 1. The van der Waals surface area contributed by atoms with Crippen LogP contribution in [0.15, 0.2) is 29.3 Å². The lowest BCUT2D eigenvalue weighted by molar-refractivity contribution is -0.120. The largest absolute Gasteiger partial charge is 0.383 e. The predicted molar refractivity (Wildman–Crippen MR) is 110 cm³/mol. The van der Waals surface area contributed by atoms with Crippen molar-refractivity contribution in [2.75, 3.05) is 59.7 Å². The third kappa shape index (κ3) is 8.24. The molecule has 0 aromatic heterocycles. The maximum Gasteiger partial charge on any atom is 0.239 e. The smallest absolute Gasteiger partial charge is 0.239 e. The average molecular weight is 392 g/mol. The molecule has 8 heteroatoms. The number of rotatable bonds is 10. The highest BCUT2D eigenvalue weighted by atomic mass is 16.5. The summed E-state index contributed by atoms with van der Waals surface area (Å²) in [5, 5.41) is 9.05. The molecule has 1 saturated heterocycles. The zero-order valence-electron chi connectivity index (χ0n) is 17.0. The number of methoxy groups -OCH3 is 1. The monoisotopic (exact) mass is 391 g/mol. The summed E-state index contributed by atoms with van der Waals surface area (Å²) in [6.45, 7) is 8.86. The van der Waals surface area contributed by atoms with E-state index in [0.29, 0.717) is 25.7 Å². The van der Waals surface area contributed by atoms with Crippen LogP contribution < -0.4 is 16.0 Å². The Kier molecular flexibility index (Phi) is 10.3. The van der Waals surface area contributed by atoms with Crippen LogP contribution in [0.3, 0.4) is 0 Å². The first kappa shape index (κ1) is 22.1. The summed E-state index contributed by atoms with van der Waals surface area (Å²) in [6, 6.07) is 8.37. The SMILES string of the molecule is CCNC(=NCc1ccccc1CN1CCOCC1)NCC(=O)NCCOC. The van der Waals surface area contributed by atoms with Gasteiger partial charge in [0.25, 0.3) is 0 Å². The summed E-state index contributed by atoms with van der Waals surface area (Å²) in [5.41, 5.74) is 2.47. The second-order valence-electron chi connectivity index (χ2n) is 6.55. The van der Waals surface area contributed by atoms with Crippen molar-refractivity contribution in [2.45, 2.75) is 20.0 Å². The van der Waals surface area contributed by atoms with Gasteiger partial charge in [-0.2, -0.15) is 0 Å². The number of guanidine groups is 1. The molecule has 1 fully saturated rings. The first-order chi connectivity index (χ1) is 13.7. The summed E-state index contributed by atoms with van der Waals surface area (Å²) in [7, 11) is 1.61. The quantitative estimate of drug-likeness (QED) is 0.303. The highest BCUT2D eigenvalue weighted by molar-refractivity contribution is 5.86. The number of carbonyl (C=O) groups is 1. The van der Waals surface area contributed by atoms with Crippen LogP contribution in [0.4, 0.5) is 0 Å². The van der Waals surface area contributed by atoms with E-state index >= 15 is 0 Å². The summed E-state index contributed by atoms with van der Waals surface area (Å²) < 4.78 is 10.4. The molecular formula is C20H33N5O3. The molecule has 1 aliphatic heterocycles. The number of aliphatic imine (C=N–C) groups is 1. The van der Waals surface area contributed by atoms with Gasteiger partial charge in [0.2, 0.25) is 5.91 Å². The molecule has 0 unspecified atom stereocenters. The Morgan fingerprint density at radius 1 is 1.18 bits per heavy atom. The van der Waals surface area contributed by atoms with Crippen molar-refractivity contribution >= 4 is 11.9 Å². The molecule has 8 nitrogen and oxygen atoms in total. The van der Waals surface area contributed by atoms with Crippen LogP contribution in [0.5, 0.6) is 0 Å². The number of nitrogens with zero attached hydrogens (tertiary/aromatic N) is 2. The first-order valence-corrected chi connectivity index (χ1v) is 9.87. The molecule has 2 rings (SSSR count). The van der Waals surface area contributed by atoms with E-state index in [4.69, 9.17) is 9.47 Å². The third-order valence-electron chi connectivity index (χ3n) is 4.41. The van der Waals surface area contributed by atoms with Gasteiger partial charge in [0.1, 0.15) is 0 Å². The molecule has 1 aromatic rings. The Morgan fingerprint density at radius 2 is 1.93 bits per heavy atom. The second-order valence-corrected chi connectivity index (χ2v) is 6.55. The molecule has 28 heavy (non-hydrogen) atoms. The minimum Gasteiger partial charge on any atom is -0.383 e. The first-order valence-electron chi connectivity index (χ1n) is 9.87. The van der Waals surface area contributed by atoms with Crippen LogP contribution in [-0.2, 0) is 27.4 Å². The molecule has 1 aromatic carbocycles. The molecule has 3 N–H and O–H groups in total. The normalized spacial score (nSPS) is 15.3. The van der Waals surface area contributed by atoms with Crippen molar-refractivity contribution in [3.05, 3.63) is 35.4 Å². The number of carbonyl (C=O) groups excluding carboxylic acids is 1. The summed E-state index contributed by atoms with van der Waals surface area (Å²) in [6.07, 6.45) is 0. The van der Waals surface area contributed by atoms with Gasteiger partial charge in [-0.05, 0) is 18.1 Å². The van der Waals surface area contributed by atoms with E-state index in [2.05, 4.69) is 44.0 Å². The van der Waals surface area contributed by atoms with Gasteiger partial charge in [0.15, 0.2) is 5.96 Å². The summed E-state index contributed by atoms with van der Waals surface area (Å²) in [4.78, 5) is 18.9. The van der Waals surface area contributed by atoms with Crippen LogP contribution in [0.2, 0.25) is 0 Å². The van der Waals surface area contributed by atoms with E-state index in [-0.39, 0.29) is 12.5 Å². The van der Waals surface area contributed by atoms with Crippen LogP contribution in [0.25, 0.3) is 0 Å². The fourth-order valence-corrected chi connectivity index (χ4v) is 2.89. The molecule has 0 saturated carbocycles. The van der Waals surface area contributed by atoms with Crippen LogP contribution in [0.1, 0.15) is 18.1 Å². The number of nitrogens with one attached hydrogen (secondary N) is 3. The second kappa shape index (κ2) is 13.1. The number of hydrogen-bond acceptors (Lipinski definition) is 5. The topological polar surface area (TPSA) is 87.2 Å². The minimum atomic E-state index is -0.0876. The number of hydrogen-bond donors (Lipinski definition) is 3. The fraction of sp³-hybridized carbons (Fsp3) is 0.600. The van der Waals surface area contributed by atoms with Crippen molar-refractivity contribution < 1.29 is 14.3 Å². The van der Waals surface area contributed by atoms with E-state index in [0.717, 1.165) is 39.4 Å². The molecule has 0 bridgehead atoms. The van der Waals surface area contributed by atoms with Gasteiger partial charge < -0.3 is 25.4 Å². The Bertz CT molecular complexity index is 618. The van der Waals surface area contributed by atoms with Crippen LogP contribution >= 0.6 is 0 Å². The molecule has 1 aliphatic rings. The van der Waals surface area contributed by atoms with Gasteiger partial charge >= 0.3 is 0 Å². The van der Waals surface area contributed by atoms with Gasteiger partial charge in [0, 0.05) is 39.8 Å². The number of morpholine rings is 1. The third-order valence-corrected chi connectivity index (χ3v) is 4.41. The standard InChI is InChI=1S/C20H33N5O3/c1-3-21-20(24-15-19(26)22-8-11-27-2)23-14-17-6-4-5-7-18(17)16-25-9-12-28-13-10-25/h4-7H,3,8-16H2,1-2H3,(H,22,26)(H2,21,23,24). The van der Waals surface area contributed by atoms with Gasteiger partial charge in [-0.15, -0.1) is 0 Å². The lowest BCUT2D eigenvalue weighted by Crippen LogP contribution is -2.43. The molecule has 156 valence electrons. The molecule has 0 atom stereocenters. The summed E-state index contributed by atoms with van der Waals surface area (Å²) in [5.74, 6) is 0.543. The van der Waals surface area contributed by atoms with Crippen LogP contribution in [0, 0.1) is 0 Å². The van der Waals surface area contributed by atoms with Gasteiger partial charge in [-0.3, -0.25) is 9.69 Å². The molecule has 1 heterocycles. The van der Waals surface area contributed by atoms with Crippen molar-refractivity contribution in [2.24, 2.45) is 4.99 Å². The van der Waals surface area contributed by atoms with Gasteiger partial charge in [-0.25, -0.2) is 4.99 Å². The van der Waals surface area contributed by atoms with E-state index < -0.39 is 0 Å². The van der Waals surface area contributed by atoms with Crippen molar-refractivity contribution in [3.63, 3.8) is 0 Å². The molecule has 0 spiro atoms. The maximum absolute atomic E-state index is 11.8. The highest BCUT2D eigenvalue weighted by Gasteiger charge is 2.12. The molecule has 0 radical (unpaired) electrons. The summed E-state index contributed by atoms with van der Waals surface area (Å²) >= 11 is 0. The Labute approximate surface area is 167 Å². The van der Waals surface area contributed by atoms with E-state index in [1.165, 1.54) is 11.1 Å². The Balaban J connectivity index is 1.91. The predicted octanol–water partition coefficient (Wildman–Crippen LogP) is 0.337. The fourth-order valence-electron chi connectivity index (χ4n) is 2.89. The van der Waals surface area contributed by atoms with Crippen molar-refractivity contribution in [1.29, 1.82) is 0 Å². The molecule has 0 aliphatic carbocycles. The molecular weight excluding hydrogens is 358 g/mol. The minimum absolute atomic E-state index is 0.0876. The van der Waals surface area contributed by atoms with Gasteiger partial charge in [0.05, 0.1) is 32.9 Å². The van der Waals surface area contributed by atoms with Crippen molar-refractivity contribution in [1.82, 2.24) is 20.9 Å². The zero-order valence-corrected chi connectivity index (χ0v) is 17.0. The lowest BCUT2D eigenvalue weighted by atomic mass is 10.1. The number of ether oxygens (including phenoxy) is 2. The maximum atomic E-state index is 11.8. The van der Waals surface area contributed by atoms with Gasteiger partial charge in [-0.1, -0.05) is 24.3 Å². The Hall–Kier alpha value is -2.16. The zero-order chi connectivity index (χ0) is 20.0. The van der Waals surface area contributed by atoms with Crippen molar-refractivity contribution in [3.8, 4) is 0 Å². The van der Waals surface area contributed by atoms with Crippen LogP contribution in [-0.4, -0.2) is 76.4 Å². The Morgan fingerprint density at radius 3 is 2.64 bits per heavy atom. The molecule has 1 amide bonds. The lowest BCUT2D eigenvalue weighted by Gasteiger charge is -2.27. The average Bonchev–Trinajstić information content (AvgIpc) is 2.72. The highest BCUT2D eigenvalue weighted by Crippen LogP contribution is 2.14. The number of benzene rings is 1. The van der Waals surface area contributed by atoms with E-state index in [1.54, 1.807) is 7.11 Å². The van der Waals surface area contributed by atoms with E-state index in [9.17, 15) is 4.79 Å². The van der Waals surface area contributed by atoms with E-state index in [1.807, 2.05) is 13.0 Å².